The van der Waals surface area contributed by atoms with Gasteiger partial charge < -0.3 is 10.2 Å². The Morgan fingerprint density at radius 2 is 1.92 bits per heavy atom. The molecule has 0 radical (unpaired) electrons. The lowest BCUT2D eigenvalue weighted by atomic mass is 10.1. The molecule has 1 heterocycles. The van der Waals surface area contributed by atoms with E-state index in [1.165, 1.54) is 0 Å². The van der Waals surface area contributed by atoms with Crippen LogP contribution < -0.4 is 5.32 Å². The topological polar surface area (TPSA) is 66.5 Å². The van der Waals surface area contributed by atoms with Gasteiger partial charge in [0.1, 0.15) is 6.04 Å². The first-order chi connectivity index (χ1) is 11.4. The third-order valence-electron chi connectivity index (χ3n) is 4.61. The highest BCUT2D eigenvalue weighted by Crippen LogP contribution is 2.21. The number of sulfone groups is 1. The van der Waals surface area contributed by atoms with Gasteiger partial charge in [0.05, 0.1) is 11.5 Å². The summed E-state index contributed by atoms with van der Waals surface area (Å²) >= 11 is 0. The van der Waals surface area contributed by atoms with Crippen molar-refractivity contribution in [2.45, 2.75) is 25.4 Å². The van der Waals surface area contributed by atoms with Gasteiger partial charge in [0.25, 0.3) is 0 Å². The van der Waals surface area contributed by atoms with Gasteiger partial charge in [-0.1, -0.05) is 30.3 Å². The van der Waals surface area contributed by atoms with Crippen molar-refractivity contribution in [3.63, 3.8) is 0 Å². The van der Waals surface area contributed by atoms with E-state index in [0.29, 0.717) is 6.42 Å². The van der Waals surface area contributed by atoms with Crippen LogP contribution >= 0.6 is 0 Å². The number of carbonyl (C=O) groups is 1. The van der Waals surface area contributed by atoms with Crippen LogP contribution in [0.5, 0.6) is 0 Å². The molecule has 2 aromatic carbocycles. The van der Waals surface area contributed by atoms with Crippen molar-refractivity contribution >= 4 is 32.2 Å². The summed E-state index contributed by atoms with van der Waals surface area (Å²) < 4.78 is 23.2. The van der Waals surface area contributed by atoms with Crippen LogP contribution in [0, 0.1) is 0 Å². The first-order valence-electron chi connectivity index (χ1n) is 8.08. The standard InChI is InChI=1S/C18H22N2O3S/c1-13(18(21)20(2)17-9-10-24(22,23)12-17)19-16-8-7-14-5-3-4-6-15(14)11-16/h3-8,11,13,17,19H,9-10,12H2,1-2H3. The molecule has 0 aromatic heterocycles. The van der Waals surface area contributed by atoms with Gasteiger partial charge in [-0.05, 0) is 36.2 Å². The van der Waals surface area contributed by atoms with Crippen molar-refractivity contribution in [1.29, 1.82) is 0 Å². The fourth-order valence-corrected chi connectivity index (χ4v) is 4.93. The number of nitrogens with zero attached hydrogens (tertiary/aromatic N) is 1. The van der Waals surface area contributed by atoms with E-state index in [1.807, 2.05) is 42.5 Å². The van der Waals surface area contributed by atoms with E-state index in [9.17, 15) is 13.2 Å². The number of rotatable bonds is 4. The van der Waals surface area contributed by atoms with Crippen molar-refractivity contribution in [1.82, 2.24) is 4.90 Å². The summed E-state index contributed by atoms with van der Waals surface area (Å²) in [4.78, 5) is 14.2. The minimum atomic E-state index is -3.00. The van der Waals surface area contributed by atoms with Crippen molar-refractivity contribution < 1.29 is 13.2 Å². The Morgan fingerprint density at radius 3 is 2.58 bits per heavy atom. The van der Waals surface area contributed by atoms with E-state index in [0.717, 1.165) is 16.5 Å². The smallest absolute Gasteiger partial charge is 0.244 e. The molecule has 2 atom stereocenters. The maximum absolute atomic E-state index is 12.6. The molecule has 1 N–H and O–H groups in total. The van der Waals surface area contributed by atoms with E-state index >= 15 is 0 Å². The summed E-state index contributed by atoms with van der Waals surface area (Å²) in [7, 11) is -1.31. The number of anilines is 1. The number of hydrogen-bond donors (Lipinski definition) is 1. The number of benzene rings is 2. The summed E-state index contributed by atoms with van der Waals surface area (Å²) in [6.45, 7) is 1.80. The Bertz CT molecular complexity index is 863. The number of hydrogen-bond acceptors (Lipinski definition) is 4. The van der Waals surface area contributed by atoms with Crippen LogP contribution in [0.2, 0.25) is 0 Å². The maximum atomic E-state index is 12.6. The SMILES string of the molecule is CC(Nc1ccc2ccccc2c1)C(=O)N(C)C1CCS(=O)(=O)C1. The molecule has 1 fully saturated rings. The van der Waals surface area contributed by atoms with Crippen LogP contribution in [0.25, 0.3) is 10.8 Å². The van der Waals surface area contributed by atoms with Crippen LogP contribution in [0.1, 0.15) is 13.3 Å². The highest BCUT2D eigenvalue weighted by Gasteiger charge is 2.34. The summed E-state index contributed by atoms with van der Waals surface area (Å²) in [5.41, 5.74) is 0.877. The molecule has 1 saturated heterocycles. The van der Waals surface area contributed by atoms with Crippen LogP contribution in [0.3, 0.4) is 0 Å². The molecule has 0 saturated carbocycles. The lowest BCUT2D eigenvalue weighted by Crippen LogP contribution is -2.45. The van der Waals surface area contributed by atoms with Crippen LogP contribution in [0.15, 0.2) is 42.5 Å². The van der Waals surface area contributed by atoms with Crippen molar-refractivity contribution in [3.8, 4) is 0 Å². The lowest BCUT2D eigenvalue weighted by Gasteiger charge is -2.27. The van der Waals surface area contributed by atoms with E-state index in [2.05, 4.69) is 5.32 Å². The molecule has 0 spiro atoms. The first kappa shape index (κ1) is 16.8. The van der Waals surface area contributed by atoms with Gasteiger partial charge in [0.2, 0.25) is 5.91 Å². The molecule has 6 heteroatoms. The normalized spacial score (nSPS) is 20.7. The predicted octanol–water partition coefficient (Wildman–Crippen LogP) is 2.29. The summed E-state index contributed by atoms with van der Waals surface area (Å²) in [6.07, 6.45) is 0.521. The van der Waals surface area contributed by atoms with Crippen molar-refractivity contribution in [2.75, 3.05) is 23.9 Å². The average molecular weight is 346 g/mol. The van der Waals surface area contributed by atoms with Crippen molar-refractivity contribution in [3.05, 3.63) is 42.5 Å². The molecule has 2 aromatic rings. The third-order valence-corrected chi connectivity index (χ3v) is 6.36. The van der Waals surface area contributed by atoms with Crippen molar-refractivity contribution in [2.24, 2.45) is 0 Å². The molecule has 24 heavy (non-hydrogen) atoms. The van der Waals surface area contributed by atoms with Gasteiger partial charge in [-0.25, -0.2) is 8.42 Å². The molecule has 0 bridgehead atoms. The number of carbonyl (C=O) groups excluding carboxylic acids is 1. The molecule has 1 aliphatic heterocycles. The molecule has 3 rings (SSSR count). The van der Waals surface area contributed by atoms with E-state index in [4.69, 9.17) is 0 Å². The Kier molecular flexibility index (Phi) is 4.49. The quantitative estimate of drug-likeness (QED) is 0.922. The Hall–Kier alpha value is -2.08. The third kappa shape index (κ3) is 3.53. The van der Waals surface area contributed by atoms with Gasteiger partial charge in [-0.3, -0.25) is 4.79 Å². The lowest BCUT2D eigenvalue weighted by molar-refractivity contribution is -0.132. The Labute approximate surface area is 142 Å². The molecule has 1 aliphatic rings. The highest BCUT2D eigenvalue weighted by molar-refractivity contribution is 7.91. The maximum Gasteiger partial charge on any atom is 0.244 e. The zero-order valence-electron chi connectivity index (χ0n) is 13.9. The second kappa shape index (κ2) is 6.43. The van der Waals surface area contributed by atoms with Crippen LogP contribution in [-0.4, -0.2) is 49.9 Å². The second-order valence-corrected chi connectivity index (χ2v) is 8.66. The number of fused-ring (bicyclic) bond motifs is 1. The van der Waals surface area contributed by atoms with Gasteiger partial charge in [0, 0.05) is 18.8 Å². The molecule has 128 valence electrons. The van der Waals surface area contributed by atoms with E-state index in [1.54, 1.807) is 18.9 Å². The largest absolute Gasteiger partial charge is 0.374 e. The fourth-order valence-electron chi connectivity index (χ4n) is 3.16. The zero-order valence-corrected chi connectivity index (χ0v) is 14.7. The predicted molar refractivity (Wildman–Crippen MR) is 96.9 cm³/mol. The van der Waals surface area contributed by atoms with Gasteiger partial charge >= 0.3 is 0 Å². The van der Waals surface area contributed by atoms with E-state index < -0.39 is 15.9 Å². The number of likely N-dealkylation sites (N-methyl/N-ethyl adjacent to an activating group) is 1. The molecular weight excluding hydrogens is 324 g/mol. The van der Waals surface area contributed by atoms with Gasteiger partial charge in [-0.2, -0.15) is 0 Å². The summed E-state index contributed by atoms with van der Waals surface area (Å²) in [5.74, 6) is 0.143. The first-order valence-corrected chi connectivity index (χ1v) is 9.90. The molecule has 0 aliphatic carbocycles. The Morgan fingerprint density at radius 1 is 1.21 bits per heavy atom. The monoisotopic (exact) mass is 346 g/mol. The van der Waals surface area contributed by atoms with E-state index in [-0.39, 0.29) is 23.5 Å². The minimum absolute atomic E-state index is 0.0674. The van der Waals surface area contributed by atoms with Gasteiger partial charge in [-0.15, -0.1) is 0 Å². The molecular formula is C18H22N2O3S. The zero-order chi connectivity index (χ0) is 17.3. The Balaban J connectivity index is 1.68. The van der Waals surface area contributed by atoms with Gasteiger partial charge in [0.15, 0.2) is 9.84 Å². The molecule has 2 unspecified atom stereocenters. The minimum Gasteiger partial charge on any atom is -0.374 e. The molecule has 1 amide bonds. The summed E-state index contributed by atoms with van der Waals surface area (Å²) in [6, 6.07) is 13.4. The van der Waals surface area contributed by atoms with Crippen LogP contribution in [0.4, 0.5) is 5.69 Å². The number of nitrogens with one attached hydrogen (secondary N) is 1. The second-order valence-electron chi connectivity index (χ2n) is 6.43. The average Bonchev–Trinajstić information content (AvgIpc) is 2.93. The van der Waals surface area contributed by atoms with Crippen LogP contribution in [-0.2, 0) is 14.6 Å². The number of amides is 1. The highest BCUT2D eigenvalue weighted by atomic mass is 32.2. The molecule has 5 nitrogen and oxygen atoms in total. The summed E-state index contributed by atoms with van der Waals surface area (Å²) in [5, 5.41) is 5.48. The fraction of sp³-hybridized carbons (Fsp3) is 0.389.